The monoisotopic (exact) mass is 359 g/mol. The van der Waals surface area contributed by atoms with Crippen LogP contribution in [-0.4, -0.2) is 33.4 Å². The number of nitrogens with two attached hydrogens (primary N) is 1. The zero-order chi connectivity index (χ0) is 18.1. The summed E-state index contributed by atoms with van der Waals surface area (Å²) in [5.41, 5.74) is 7.56. The molecule has 2 N–H and O–H groups in total. The van der Waals surface area contributed by atoms with Gasteiger partial charge < -0.3 is 10.5 Å². The normalized spacial score (nSPS) is 25.7. The van der Waals surface area contributed by atoms with Crippen LogP contribution in [-0.2, 0) is 14.6 Å². The van der Waals surface area contributed by atoms with Crippen molar-refractivity contribution in [2.45, 2.75) is 29.9 Å². The highest BCUT2D eigenvalue weighted by Gasteiger charge is 2.70. The second kappa shape index (κ2) is 6.90. The van der Waals surface area contributed by atoms with E-state index in [1.807, 2.05) is 56.3 Å². The Bertz CT molecular complexity index is 818. The van der Waals surface area contributed by atoms with Crippen molar-refractivity contribution in [1.29, 1.82) is 0 Å². The summed E-state index contributed by atoms with van der Waals surface area (Å²) in [5.74, 6) is -0.142. The van der Waals surface area contributed by atoms with Crippen molar-refractivity contribution in [3.63, 3.8) is 0 Å². The van der Waals surface area contributed by atoms with Crippen molar-refractivity contribution in [2.75, 3.05) is 19.8 Å². The summed E-state index contributed by atoms with van der Waals surface area (Å²) < 4.78 is 32.3. The standard InChI is InChI=1S/C20H25NO3S/c1-3-24-14-20(13-21)18(16-7-5-4-6-8-16)19(20)25(22,23)17-11-9-15(2)10-12-17/h4-12,18-19H,3,13-14,21H2,1-2H3/t18-,19+,20+/m1/s1. The Morgan fingerprint density at radius 3 is 2.28 bits per heavy atom. The number of ether oxygens (including phenoxy) is 1. The lowest BCUT2D eigenvalue weighted by Crippen LogP contribution is -2.29. The van der Waals surface area contributed by atoms with E-state index in [4.69, 9.17) is 10.5 Å². The highest BCUT2D eigenvalue weighted by atomic mass is 32.2. The Labute approximate surface area is 149 Å². The number of hydrogen-bond acceptors (Lipinski definition) is 4. The van der Waals surface area contributed by atoms with Gasteiger partial charge in [0.1, 0.15) is 0 Å². The summed E-state index contributed by atoms with van der Waals surface area (Å²) in [6.07, 6.45) is 0. The van der Waals surface area contributed by atoms with Gasteiger partial charge >= 0.3 is 0 Å². The van der Waals surface area contributed by atoms with Crippen LogP contribution in [0.5, 0.6) is 0 Å². The van der Waals surface area contributed by atoms with Gasteiger partial charge in [-0.15, -0.1) is 0 Å². The van der Waals surface area contributed by atoms with Gasteiger partial charge in [0.05, 0.1) is 16.8 Å². The molecule has 0 saturated heterocycles. The Balaban J connectivity index is 2.03. The third kappa shape index (κ3) is 3.12. The predicted octanol–water partition coefficient (Wildman–Crippen LogP) is 2.92. The summed E-state index contributed by atoms with van der Waals surface area (Å²) in [4.78, 5) is 0.357. The van der Waals surface area contributed by atoms with Gasteiger partial charge in [-0.05, 0) is 31.5 Å². The fourth-order valence-electron chi connectivity index (χ4n) is 3.75. The van der Waals surface area contributed by atoms with Crippen molar-refractivity contribution >= 4 is 9.84 Å². The molecule has 4 nitrogen and oxygen atoms in total. The summed E-state index contributed by atoms with van der Waals surface area (Å²) in [5, 5.41) is -0.554. The molecule has 0 spiro atoms. The lowest BCUT2D eigenvalue weighted by atomic mass is 10.0. The summed E-state index contributed by atoms with van der Waals surface area (Å²) in [7, 11) is -3.49. The zero-order valence-corrected chi connectivity index (χ0v) is 15.5. The molecule has 134 valence electrons. The largest absolute Gasteiger partial charge is 0.381 e. The molecule has 0 bridgehead atoms. The number of aryl methyl sites for hydroxylation is 1. The summed E-state index contributed by atoms with van der Waals surface area (Å²) in [6.45, 7) is 5.03. The van der Waals surface area contributed by atoms with Crippen LogP contribution in [0.15, 0.2) is 59.5 Å². The maximum Gasteiger partial charge on any atom is 0.182 e. The molecule has 2 aromatic carbocycles. The van der Waals surface area contributed by atoms with Gasteiger partial charge in [0.25, 0.3) is 0 Å². The minimum atomic E-state index is -3.49. The highest BCUT2D eigenvalue weighted by molar-refractivity contribution is 7.92. The molecular weight excluding hydrogens is 334 g/mol. The van der Waals surface area contributed by atoms with Crippen molar-refractivity contribution in [1.82, 2.24) is 0 Å². The van der Waals surface area contributed by atoms with Gasteiger partial charge in [-0.1, -0.05) is 48.0 Å². The van der Waals surface area contributed by atoms with E-state index in [0.29, 0.717) is 18.1 Å². The molecule has 25 heavy (non-hydrogen) atoms. The predicted molar refractivity (Wildman–Crippen MR) is 99.3 cm³/mol. The van der Waals surface area contributed by atoms with E-state index in [9.17, 15) is 8.42 Å². The van der Waals surface area contributed by atoms with Gasteiger partial charge in [0.15, 0.2) is 9.84 Å². The van der Waals surface area contributed by atoms with Crippen LogP contribution in [0.3, 0.4) is 0 Å². The number of hydrogen-bond donors (Lipinski definition) is 1. The fourth-order valence-corrected chi connectivity index (χ4v) is 6.19. The van der Waals surface area contributed by atoms with Gasteiger partial charge in [0, 0.05) is 24.5 Å². The third-order valence-corrected chi connectivity index (χ3v) is 7.52. The Kier molecular flexibility index (Phi) is 5.00. The van der Waals surface area contributed by atoms with Crippen LogP contribution in [0.4, 0.5) is 0 Å². The smallest absolute Gasteiger partial charge is 0.182 e. The summed E-state index contributed by atoms with van der Waals surface area (Å²) in [6, 6.07) is 16.8. The molecule has 0 amide bonds. The quantitative estimate of drug-likeness (QED) is 0.825. The molecule has 0 heterocycles. The Morgan fingerprint density at radius 2 is 1.72 bits per heavy atom. The van der Waals surface area contributed by atoms with Crippen LogP contribution in [0.1, 0.15) is 24.0 Å². The second-order valence-corrected chi connectivity index (χ2v) is 8.81. The van der Waals surface area contributed by atoms with Crippen LogP contribution in [0, 0.1) is 12.3 Å². The molecule has 3 atom stereocenters. The molecule has 5 heteroatoms. The SMILES string of the molecule is CCOC[C@@]1(CN)[C@H](c2ccccc2)[C@@H]1S(=O)(=O)c1ccc(C)cc1. The molecule has 0 aliphatic heterocycles. The third-order valence-electron chi connectivity index (χ3n) is 5.18. The van der Waals surface area contributed by atoms with Crippen molar-refractivity contribution in [2.24, 2.45) is 11.1 Å². The Morgan fingerprint density at radius 1 is 1.08 bits per heavy atom. The van der Waals surface area contributed by atoms with E-state index < -0.39 is 20.5 Å². The zero-order valence-electron chi connectivity index (χ0n) is 14.7. The van der Waals surface area contributed by atoms with E-state index in [1.165, 1.54) is 0 Å². The fraction of sp³-hybridized carbons (Fsp3) is 0.400. The average molecular weight is 359 g/mol. The van der Waals surface area contributed by atoms with Crippen LogP contribution in [0.25, 0.3) is 0 Å². The maximum absolute atomic E-state index is 13.3. The average Bonchev–Trinajstić information content (AvgIpc) is 3.31. The Hall–Kier alpha value is -1.69. The van der Waals surface area contributed by atoms with E-state index in [0.717, 1.165) is 11.1 Å². The molecule has 0 unspecified atom stereocenters. The number of sulfone groups is 1. The maximum atomic E-state index is 13.3. The highest BCUT2D eigenvalue weighted by Crippen LogP contribution is 2.63. The molecule has 1 aliphatic carbocycles. The lowest BCUT2D eigenvalue weighted by molar-refractivity contribution is 0.101. The first-order chi connectivity index (χ1) is 12.0. The molecule has 3 rings (SSSR count). The van der Waals surface area contributed by atoms with E-state index >= 15 is 0 Å². The number of benzene rings is 2. The van der Waals surface area contributed by atoms with Gasteiger partial charge in [-0.25, -0.2) is 8.42 Å². The van der Waals surface area contributed by atoms with Gasteiger partial charge in [-0.2, -0.15) is 0 Å². The molecular formula is C20H25NO3S. The molecule has 1 fully saturated rings. The number of rotatable bonds is 7. The first-order valence-electron chi connectivity index (χ1n) is 8.60. The molecule has 2 aromatic rings. The van der Waals surface area contributed by atoms with Crippen LogP contribution in [0.2, 0.25) is 0 Å². The minimum Gasteiger partial charge on any atom is -0.381 e. The van der Waals surface area contributed by atoms with Crippen molar-refractivity contribution in [3.05, 3.63) is 65.7 Å². The topological polar surface area (TPSA) is 69.4 Å². The summed E-state index contributed by atoms with van der Waals surface area (Å²) >= 11 is 0. The molecule has 0 aromatic heterocycles. The van der Waals surface area contributed by atoms with Crippen LogP contribution < -0.4 is 5.73 Å². The van der Waals surface area contributed by atoms with Crippen molar-refractivity contribution in [3.8, 4) is 0 Å². The second-order valence-electron chi connectivity index (χ2n) is 6.74. The minimum absolute atomic E-state index is 0.142. The van der Waals surface area contributed by atoms with E-state index in [-0.39, 0.29) is 12.5 Å². The molecule has 1 aliphatic rings. The first kappa shape index (κ1) is 18.1. The van der Waals surface area contributed by atoms with E-state index in [1.54, 1.807) is 12.1 Å². The first-order valence-corrected chi connectivity index (χ1v) is 10.2. The van der Waals surface area contributed by atoms with E-state index in [2.05, 4.69) is 0 Å². The van der Waals surface area contributed by atoms with Crippen LogP contribution >= 0.6 is 0 Å². The van der Waals surface area contributed by atoms with Gasteiger partial charge in [-0.3, -0.25) is 0 Å². The molecule has 1 saturated carbocycles. The van der Waals surface area contributed by atoms with Crippen molar-refractivity contribution < 1.29 is 13.2 Å². The van der Waals surface area contributed by atoms with Gasteiger partial charge in [0.2, 0.25) is 0 Å². The lowest BCUT2D eigenvalue weighted by Gasteiger charge is -2.16. The molecule has 0 radical (unpaired) electrons.